The molecule has 1 fully saturated rings. The van der Waals surface area contributed by atoms with Crippen LogP contribution in [0, 0.1) is 12.8 Å². The second-order valence-electron chi connectivity index (χ2n) is 5.50. The van der Waals surface area contributed by atoms with Crippen LogP contribution in [-0.2, 0) is 4.74 Å². The predicted molar refractivity (Wildman–Crippen MR) is 80.8 cm³/mol. The van der Waals surface area contributed by atoms with Gasteiger partial charge in [-0.3, -0.25) is 0 Å². The Morgan fingerprint density at radius 3 is 2.68 bits per heavy atom. The first kappa shape index (κ1) is 14.4. The largest absolute Gasteiger partial charge is 0.381 e. The van der Waals surface area contributed by atoms with Gasteiger partial charge >= 0.3 is 0 Å². The summed E-state index contributed by atoms with van der Waals surface area (Å²) in [7, 11) is 2.17. The SMILES string of the molecule is CCNC(CN(C)c1ccc(C)cc1)C1CCOC1. The van der Waals surface area contributed by atoms with Crippen LogP contribution >= 0.6 is 0 Å². The Labute approximate surface area is 116 Å². The van der Waals surface area contributed by atoms with E-state index in [2.05, 4.69) is 55.4 Å². The lowest BCUT2D eigenvalue weighted by Gasteiger charge is -2.29. The van der Waals surface area contributed by atoms with Gasteiger partial charge in [0.05, 0.1) is 6.61 Å². The second kappa shape index (κ2) is 6.92. The molecule has 1 N–H and O–H groups in total. The molecule has 1 heterocycles. The van der Waals surface area contributed by atoms with Gasteiger partial charge in [-0.25, -0.2) is 0 Å². The number of benzene rings is 1. The fraction of sp³-hybridized carbons (Fsp3) is 0.625. The molecule has 1 aliphatic heterocycles. The molecule has 0 aromatic heterocycles. The Morgan fingerprint density at radius 2 is 2.11 bits per heavy atom. The van der Waals surface area contributed by atoms with Crippen LogP contribution in [0.15, 0.2) is 24.3 Å². The summed E-state index contributed by atoms with van der Waals surface area (Å²) in [5.41, 5.74) is 2.59. The first-order valence-corrected chi connectivity index (χ1v) is 7.29. The van der Waals surface area contributed by atoms with Gasteiger partial charge < -0.3 is 15.0 Å². The Kier molecular flexibility index (Phi) is 5.23. The minimum atomic E-state index is 0.513. The molecule has 1 aromatic carbocycles. The molecule has 1 aliphatic rings. The molecule has 106 valence electrons. The number of rotatable bonds is 6. The zero-order chi connectivity index (χ0) is 13.7. The monoisotopic (exact) mass is 262 g/mol. The van der Waals surface area contributed by atoms with E-state index >= 15 is 0 Å². The van der Waals surface area contributed by atoms with E-state index in [-0.39, 0.29) is 0 Å². The van der Waals surface area contributed by atoms with E-state index in [4.69, 9.17) is 4.74 Å². The Bertz CT molecular complexity index is 371. The number of likely N-dealkylation sites (N-methyl/N-ethyl adjacent to an activating group) is 2. The fourth-order valence-electron chi connectivity index (χ4n) is 2.71. The summed E-state index contributed by atoms with van der Waals surface area (Å²) < 4.78 is 5.53. The van der Waals surface area contributed by atoms with Gasteiger partial charge in [0.1, 0.15) is 0 Å². The molecule has 19 heavy (non-hydrogen) atoms. The topological polar surface area (TPSA) is 24.5 Å². The van der Waals surface area contributed by atoms with Crippen LogP contribution in [0.4, 0.5) is 5.69 Å². The summed E-state index contributed by atoms with van der Waals surface area (Å²) in [5, 5.41) is 3.61. The Hall–Kier alpha value is -1.06. The highest BCUT2D eigenvalue weighted by Crippen LogP contribution is 2.20. The zero-order valence-corrected chi connectivity index (χ0v) is 12.4. The van der Waals surface area contributed by atoms with Crippen molar-refractivity contribution in [3.8, 4) is 0 Å². The summed E-state index contributed by atoms with van der Waals surface area (Å²) in [5.74, 6) is 0.646. The van der Waals surface area contributed by atoms with Crippen molar-refractivity contribution in [1.82, 2.24) is 5.32 Å². The van der Waals surface area contributed by atoms with Crippen LogP contribution in [0.25, 0.3) is 0 Å². The van der Waals surface area contributed by atoms with Crippen molar-refractivity contribution in [2.75, 3.05) is 38.3 Å². The summed E-state index contributed by atoms with van der Waals surface area (Å²) in [6, 6.07) is 9.26. The lowest BCUT2D eigenvalue weighted by atomic mass is 9.98. The predicted octanol–water partition coefficient (Wildman–Crippen LogP) is 2.45. The lowest BCUT2D eigenvalue weighted by Crippen LogP contribution is -2.45. The number of anilines is 1. The van der Waals surface area contributed by atoms with E-state index in [0.29, 0.717) is 12.0 Å². The smallest absolute Gasteiger partial charge is 0.0510 e. The van der Waals surface area contributed by atoms with Crippen molar-refractivity contribution >= 4 is 5.69 Å². The molecular weight excluding hydrogens is 236 g/mol. The molecule has 2 atom stereocenters. The van der Waals surface area contributed by atoms with E-state index in [1.807, 2.05) is 0 Å². The van der Waals surface area contributed by atoms with Gasteiger partial charge in [0, 0.05) is 37.8 Å². The third kappa shape index (κ3) is 3.95. The first-order valence-electron chi connectivity index (χ1n) is 7.29. The molecule has 1 aromatic rings. The molecule has 1 saturated heterocycles. The summed E-state index contributed by atoms with van der Waals surface area (Å²) in [6.07, 6.45) is 1.18. The Morgan fingerprint density at radius 1 is 1.37 bits per heavy atom. The third-order valence-corrected chi connectivity index (χ3v) is 3.95. The molecule has 2 rings (SSSR count). The molecule has 2 unspecified atom stereocenters. The van der Waals surface area contributed by atoms with Crippen molar-refractivity contribution in [2.24, 2.45) is 5.92 Å². The van der Waals surface area contributed by atoms with E-state index < -0.39 is 0 Å². The van der Waals surface area contributed by atoms with E-state index in [0.717, 1.165) is 26.3 Å². The van der Waals surface area contributed by atoms with Gasteiger partial charge in [0.25, 0.3) is 0 Å². The average Bonchev–Trinajstić information content (AvgIpc) is 2.92. The van der Waals surface area contributed by atoms with Gasteiger partial charge in [-0.15, -0.1) is 0 Å². The maximum absolute atomic E-state index is 5.53. The number of aryl methyl sites for hydroxylation is 1. The highest BCUT2D eigenvalue weighted by molar-refractivity contribution is 5.46. The summed E-state index contributed by atoms with van der Waals surface area (Å²) in [6.45, 7) is 8.17. The molecule has 0 bridgehead atoms. The number of nitrogens with zero attached hydrogens (tertiary/aromatic N) is 1. The minimum absolute atomic E-state index is 0.513. The van der Waals surface area contributed by atoms with Crippen LogP contribution in [0.2, 0.25) is 0 Å². The second-order valence-corrected chi connectivity index (χ2v) is 5.50. The number of nitrogens with one attached hydrogen (secondary N) is 1. The maximum atomic E-state index is 5.53. The van der Waals surface area contributed by atoms with Gasteiger partial charge in [0.2, 0.25) is 0 Å². The summed E-state index contributed by atoms with van der Waals surface area (Å²) in [4.78, 5) is 2.34. The van der Waals surface area contributed by atoms with Gasteiger partial charge in [0.15, 0.2) is 0 Å². The molecule has 0 spiro atoms. The van der Waals surface area contributed by atoms with Crippen molar-refractivity contribution in [3.63, 3.8) is 0 Å². The van der Waals surface area contributed by atoms with Crippen molar-refractivity contribution < 1.29 is 4.74 Å². The quantitative estimate of drug-likeness (QED) is 0.852. The molecule has 0 saturated carbocycles. The Balaban J connectivity index is 1.97. The molecule has 0 aliphatic carbocycles. The van der Waals surface area contributed by atoms with Crippen LogP contribution < -0.4 is 10.2 Å². The van der Waals surface area contributed by atoms with Crippen molar-refractivity contribution in [3.05, 3.63) is 29.8 Å². The standard InChI is InChI=1S/C16H26N2O/c1-4-17-16(14-9-10-19-12-14)11-18(3)15-7-5-13(2)6-8-15/h5-8,14,16-17H,4,9-12H2,1-3H3. The first-order chi connectivity index (χ1) is 9.20. The maximum Gasteiger partial charge on any atom is 0.0510 e. The number of hydrogen-bond donors (Lipinski definition) is 1. The van der Waals surface area contributed by atoms with Crippen LogP contribution in [0.1, 0.15) is 18.9 Å². The molecular formula is C16H26N2O. The normalized spacial score (nSPS) is 20.5. The lowest BCUT2D eigenvalue weighted by molar-refractivity contribution is 0.177. The molecule has 3 heteroatoms. The average molecular weight is 262 g/mol. The van der Waals surface area contributed by atoms with E-state index in [1.165, 1.54) is 17.7 Å². The summed E-state index contributed by atoms with van der Waals surface area (Å²) >= 11 is 0. The number of ether oxygens (including phenoxy) is 1. The highest BCUT2D eigenvalue weighted by Gasteiger charge is 2.26. The fourth-order valence-corrected chi connectivity index (χ4v) is 2.71. The van der Waals surface area contributed by atoms with Crippen LogP contribution in [0.3, 0.4) is 0 Å². The molecule has 0 amide bonds. The minimum Gasteiger partial charge on any atom is -0.381 e. The van der Waals surface area contributed by atoms with Crippen molar-refractivity contribution in [2.45, 2.75) is 26.3 Å². The van der Waals surface area contributed by atoms with Crippen molar-refractivity contribution in [1.29, 1.82) is 0 Å². The van der Waals surface area contributed by atoms with Crippen LogP contribution in [-0.4, -0.2) is 39.4 Å². The number of hydrogen-bond acceptors (Lipinski definition) is 3. The van der Waals surface area contributed by atoms with E-state index in [1.54, 1.807) is 0 Å². The van der Waals surface area contributed by atoms with Crippen LogP contribution in [0.5, 0.6) is 0 Å². The van der Waals surface area contributed by atoms with Gasteiger partial charge in [-0.1, -0.05) is 24.6 Å². The highest BCUT2D eigenvalue weighted by atomic mass is 16.5. The zero-order valence-electron chi connectivity index (χ0n) is 12.4. The molecule has 3 nitrogen and oxygen atoms in total. The third-order valence-electron chi connectivity index (χ3n) is 3.95. The van der Waals surface area contributed by atoms with Gasteiger partial charge in [-0.05, 0) is 32.0 Å². The van der Waals surface area contributed by atoms with Gasteiger partial charge in [-0.2, -0.15) is 0 Å². The molecule has 0 radical (unpaired) electrons. The van der Waals surface area contributed by atoms with E-state index in [9.17, 15) is 0 Å².